The molecule has 0 N–H and O–H groups in total. The largest absolute Gasteiger partial charge is 0.548 e. The van der Waals surface area contributed by atoms with Crippen LogP contribution in [0, 0.1) is 0 Å². The predicted molar refractivity (Wildman–Crippen MR) is 104 cm³/mol. The number of benzene rings is 1. The Kier molecular flexibility index (Phi) is 7.23. The van der Waals surface area contributed by atoms with Crippen LogP contribution in [0.5, 0.6) is 0 Å². The molecule has 1 aliphatic heterocycles. The second-order valence-electron chi connectivity index (χ2n) is 5.47. The van der Waals surface area contributed by atoms with Crippen molar-refractivity contribution >= 4 is 57.9 Å². The highest BCUT2D eigenvalue weighted by molar-refractivity contribution is 8.26. The molecule has 7 heteroatoms. The highest BCUT2D eigenvalue weighted by atomic mass is 35.5. The van der Waals surface area contributed by atoms with Crippen LogP contribution in [-0.2, 0) is 9.59 Å². The molecule has 0 radical (unpaired) electrons. The number of unbranched alkanes of at least 4 members (excludes halogenated alkanes) is 1. The van der Waals surface area contributed by atoms with Crippen LogP contribution in [0.1, 0.15) is 31.7 Å². The van der Waals surface area contributed by atoms with Crippen LogP contribution in [0.2, 0.25) is 0 Å². The summed E-state index contributed by atoms with van der Waals surface area (Å²) in [7, 11) is 0. The summed E-state index contributed by atoms with van der Waals surface area (Å²) in [5.41, 5.74) is 0.898. The molecule has 132 valence electrons. The van der Waals surface area contributed by atoms with Gasteiger partial charge in [0.25, 0.3) is 5.91 Å². The second-order valence-corrected chi connectivity index (χ2v) is 7.58. The summed E-state index contributed by atoms with van der Waals surface area (Å²) in [5, 5.41) is 11.8. The van der Waals surface area contributed by atoms with Crippen molar-refractivity contribution in [1.29, 1.82) is 0 Å². The first kappa shape index (κ1) is 19.7. The molecule has 0 aromatic heterocycles. The van der Waals surface area contributed by atoms with Gasteiger partial charge in [-0.15, -0.1) is 0 Å². The molecule has 1 saturated heterocycles. The summed E-state index contributed by atoms with van der Waals surface area (Å²) in [5.74, 6) is -1.74. The van der Waals surface area contributed by atoms with Gasteiger partial charge in [-0.2, -0.15) is 0 Å². The molecule has 1 atom stereocenters. The fourth-order valence-electron chi connectivity index (χ4n) is 2.37. The number of carbonyl (C=O) groups excluding carboxylic acids is 2. The van der Waals surface area contributed by atoms with Crippen molar-refractivity contribution in [1.82, 2.24) is 4.90 Å². The average Bonchev–Trinajstić information content (AvgIpc) is 2.83. The van der Waals surface area contributed by atoms with Crippen LogP contribution >= 0.6 is 35.6 Å². The van der Waals surface area contributed by atoms with Crippen molar-refractivity contribution in [2.24, 2.45) is 0 Å². The molecule has 0 saturated carbocycles. The number of nitrogens with zero attached hydrogens (tertiary/aromatic N) is 1. The first-order valence-corrected chi connectivity index (χ1v) is 9.44. The normalized spacial score (nSPS) is 18.1. The van der Waals surface area contributed by atoms with Crippen LogP contribution < -0.4 is 5.11 Å². The third kappa shape index (κ3) is 5.17. The van der Waals surface area contributed by atoms with Gasteiger partial charge in [0.1, 0.15) is 4.32 Å². The summed E-state index contributed by atoms with van der Waals surface area (Å²) in [6, 6.07) is 8.39. The van der Waals surface area contributed by atoms with E-state index >= 15 is 0 Å². The Labute approximate surface area is 161 Å². The Morgan fingerprint density at radius 2 is 2.08 bits per heavy atom. The lowest BCUT2D eigenvalue weighted by Crippen LogP contribution is -2.49. The second kappa shape index (κ2) is 9.17. The topological polar surface area (TPSA) is 60.4 Å². The van der Waals surface area contributed by atoms with Gasteiger partial charge in [0, 0.05) is 5.03 Å². The molecule has 1 fully saturated rings. The van der Waals surface area contributed by atoms with Gasteiger partial charge >= 0.3 is 0 Å². The van der Waals surface area contributed by atoms with Crippen molar-refractivity contribution in [3.63, 3.8) is 0 Å². The van der Waals surface area contributed by atoms with Gasteiger partial charge < -0.3 is 9.90 Å². The quantitative estimate of drug-likeness (QED) is 0.524. The number of rotatable bonds is 7. The molecule has 2 rings (SSSR count). The Balaban J connectivity index is 2.22. The summed E-state index contributed by atoms with van der Waals surface area (Å²) in [6.45, 7) is 1.95. The van der Waals surface area contributed by atoms with Gasteiger partial charge in [-0.1, -0.05) is 85.7 Å². The maximum atomic E-state index is 12.6. The van der Waals surface area contributed by atoms with Gasteiger partial charge in [0.2, 0.25) is 0 Å². The first-order chi connectivity index (χ1) is 11.9. The van der Waals surface area contributed by atoms with Crippen molar-refractivity contribution in [3.05, 3.63) is 51.9 Å². The third-order valence-electron chi connectivity index (χ3n) is 3.61. The van der Waals surface area contributed by atoms with Gasteiger partial charge in [-0.3, -0.25) is 9.69 Å². The van der Waals surface area contributed by atoms with Crippen molar-refractivity contribution in [2.75, 3.05) is 0 Å². The molecule has 0 bridgehead atoms. The van der Waals surface area contributed by atoms with E-state index in [4.69, 9.17) is 23.8 Å². The lowest BCUT2D eigenvalue weighted by molar-refractivity contribution is -0.310. The Morgan fingerprint density at radius 1 is 1.40 bits per heavy atom. The SMILES string of the molecule is CCCC[C@@H](C(=O)[O-])N1C(=O)/C(=C/C(Cl)=C/c2ccccc2)SC1=S. The van der Waals surface area contributed by atoms with Gasteiger partial charge in [-0.25, -0.2) is 0 Å². The predicted octanol–water partition coefficient (Wildman–Crippen LogP) is 3.32. The zero-order valence-electron chi connectivity index (χ0n) is 13.6. The Bertz CT molecular complexity index is 731. The number of aliphatic carboxylic acids is 1. The lowest BCUT2D eigenvalue weighted by atomic mass is 10.1. The van der Waals surface area contributed by atoms with Crippen molar-refractivity contribution < 1.29 is 14.7 Å². The van der Waals surface area contributed by atoms with Crippen molar-refractivity contribution in [2.45, 2.75) is 32.2 Å². The highest BCUT2D eigenvalue weighted by Gasteiger charge is 2.37. The molecular weight excluding hydrogens is 378 g/mol. The number of hydrogen-bond donors (Lipinski definition) is 0. The Morgan fingerprint density at radius 3 is 2.68 bits per heavy atom. The molecule has 0 aliphatic carbocycles. The fourth-order valence-corrected chi connectivity index (χ4v) is 4.02. The zero-order valence-corrected chi connectivity index (χ0v) is 16.0. The average molecular weight is 395 g/mol. The fraction of sp³-hybridized carbons (Fsp3) is 0.278. The maximum absolute atomic E-state index is 12.6. The minimum absolute atomic E-state index is 0.214. The number of thioether (sulfide) groups is 1. The van der Waals surface area contributed by atoms with Gasteiger partial charge in [0.05, 0.1) is 16.9 Å². The van der Waals surface area contributed by atoms with E-state index in [-0.39, 0.29) is 4.32 Å². The summed E-state index contributed by atoms with van der Waals surface area (Å²) in [4.78, 5) is 25.4. The minimum atomic E-state index is -1.29. The number of amides is 1. The van der Waals surface area contributed by atoms with Crippen LogP contribution in [0.4, 0.5) is 0 Å². The monoisotopic (exact) mass is 394 g/mol. The van der Waals surface area contributed by atoms with Gasteiger partial charge in [0.15, 0.2) is 0 Å². The molecular formula is C18H17ClNO3S2-. The number of allylic oxidation sites excluding steroid dienone is 2. The molecule has 1 aromatic rings. The van der Waals surface area contributed by atoms with Crippen molar-refractivity contribution in [3.8, 4) is 0 Å². The van der Waals surface area contributed by atoms with E-state index in [0.717, 1.165) is 28.6 Å². The summed E-state index contributed by atoms with van der Waals surface area (Å²) in [6.07, 6.45) is 5.04. The molecule has 1 aliphatic rings. The number of hydrogen-bond acceptors (Lipinski definition) is 5. The molecule has 1 amide bonds. The number of thiocarbonyl (C=S) groups is 1. The number of halogens is 1. The van der Waals surface area contributed by atoms with Crippen LogP contribution in [0.3, 0.4) is 0 Å². The molecule has 1 aromatic carbocycles. The molecule has 1 heterocycles. The number of carbonyl (C=O) groups is 2. The molecule has 25 heavy (non-hydrogen) atoms. The standard InChI is InChI=1S/C18H18ClNO3S2/c1-2-3-9-14(17(22)23)20-16(21)15(25-18(20)24)11-13(19)10-12-7-5-4-6-8-12/h4-8,10-11,14H,2-3,9H2,1H3,(H,22,23)/p-1/b13-10-,15-11-/t14-/m0/s1. The molecule has 4 nitrogen and oxygen atoms in total. The third-order valence-corrected chi connectivity index (χ3v) is 5.16. The minimum Gasteiger partial charge on any atom is -0.548 e. The van der Waals surface area contributed by atoms with Gasteiger partial charge in [-0.05, 0) is 24.1 Å². The van der Waals surface area contributed by atoms with E-state index in [1.165, 1.54) is 6.08 Å². The number of carboxylic acids is 1. The highest BCUT2D eigenvalue weighted by Crippen LogP contribution is 2.35. The van der Waals surface area contributed by atoms with Crippen LogP contribution in [0.25, 0.3) is 6.08 Å². The zero-order chi connectivity index (χ0) is 18.4. The van der Waals surface area contributed by atoms with E-state index in [9.17, 15) is 14.7 Å². The van der Waals surface area contributed by atoms with E-state index in [0.29, 0.717) is 22.8 Å². The van der Waals surface area contributed by atoms with E-state index in [1.54, 1.807) is 6.08 Å². The van der Waals surface area contributed by atoms with E-state index < -0.39 is 17.9 Å². The molecule has 0 spiro atoms. The lowest BCUT2D eigenvalue weighted by Gasteiger charge is -2.27. The Hall–Kier alpha value is -1.63. The first-order valence-electron chi connectivity index (χ1n) is 7.84. The smallest absolute Gasteiger partial charge is 0.266 e. The maximum Gasteiger partial charge on any atom is 0.266 e. The molecule has 0 unspecified atom stereocenters. The summed E-state index contributed by atoms with van der Waals surface area (Å²) < 4.78 is 0.214. The van der Waals surface area contributed by atoms with Crippen LogP contribution in [-0.4, -0.2) is 27.1 Å². The summed E-state index contributed by atoms with van der Waals surface area (Å²) >= 11 is 12.5. The van der Waals surface area contributed by atoms with E-state index in [2.05, 4.69) is 0 Å². The van der Waals surface area contributed by atoms with Crippen LogP contribution in [0.15, 0.2) is 46.3 Å². The number of carboxylic acid groups (broad SMARTS) is 1. The van der Waals surface area contributed by atoms with E-state index in [1.807, 2.05) is 37.3 Å².